The van der Waals surface area contributed by atoms with Gasteiger partial charge < -0.3 is 20.0 Å². The number of piperidine rings is 1. The Labute approximate surface area is 207 Å². The molecule has 6 nitrogen and oxygen atoms in total. The molecule has 2 amide bonds. The van der Waals surface area contributed by atoms with Crippen molar-refractivity contribution in [2.75, 3.05) is 18.0 Å². The van der Waals surface area contributed by atoms with Crippen LogP contribution in [0.1, 0.15) is 60.0 Å². The van der Waals surface area contributed by atoms with Crippen LogP contribution < -0.4 is 15.5 Å². The molecule has 0 spiro atoms. The van der Waals surface area contributed by atoms with E-state index in [1.54, 1.807) is 24.3 Å². The molecule has 0 bridgehead atoms. The smallest absolute Gasteiger partial charge is 0.268 e. The number of hydrogen-bond donors (Lipinski definition) is 2. The monoisotopic (exact) mass is 471 g/mol. The second kappa shape index (κ2) is 11.1. The van der Waals surface area contributed by atoms with E-state index >= 15 is 0 Å². The highest BCUT2D eigenvalue weighted by molar-refractivity contribution is 6.05. The Kier molecular flexibility index (Phi) is 7.70. The zero-order chi connectivity index (χ0) is 24.8. The van der Waals surface area contributed by atoms with Crippen LogP contribution in [0.2, 0.25) is 0 Å². The van der Waals surface area contributed by atoms with Crippen molar-refractivity contribution in [3.8, 4) is 0 Å². The number of aryl methyl sites for hydroxylation is 1. The number of hydrogen-bond acceptors (Lipinski definition) is 4. The van der Waals surface area contributed by atoms with Crippen molar-refractivity contribution in [3.05, 3.63) is 95.1 Å². The Hall–Kier alpha value is -3.80. The van der Waals surface area contributed by atoms with Gasteiger partial charge >= 0.3 is 0 Å². The van der Waals surface area contributed by atoms with E-state index in [4.69, 9.17) is 4.42 Å². The zero-order valence-electron chi connectivity index (χ0n) is 20.6. The normalized spacial score (nSPS) is 15.5. The lowest BCUT2D eigenvalue weighted by Gasteiger charge is -2.32. The van der Waals surface area contributed by atoms with Crippen molar-refractivity contribution in [1.82, 2.24) is 10.6 Å². The minimum absolute atomic E-state index is 0.123. The largest absolute Gasteiger partial charge is 0.465 e. The number of nitrogens with one attached hydrogen (secondary N) is 2. The van der Waals surface area contributed by atoms with Crippen LogP contribution in [0.25, 0.3) is 6.08 Å². The topological polar surface area (TPSA) is 74.6 Å². The Morgan fingerprint density at radius 3 is 2.46 bits per heavy atom. The molecule has 1 aliphatic heterocycles. The summed E-state index contributed by atoms with van der Waals surface area (Å²) in [6.07, 6.45) is 5.49. The first kappa shape index (κ1) is 24.3. The highest BCUT2D eigenvalue weighted by atomic mass is 16.3. The molecular weight excluding hydrogens is 438 g/mol. The predicted molar refractivity (Wildman–Crippen MR) is 139 cm³/mol. The molecule has 0 aliphatic carbocycles. The average molecular weight is 472 g/mol. The van der Waals surface area contributed by atoms with Gasteiger partial charge in [0.2, 0.25) is 0 Å². The summed E-state index contributed by atoms with van der Waals surface area (Å²) in [5.74, 6) is 0.529. The van der Waals surface area contributed by atoms with Gasteiger partial charge in [-0.1, -0.05) is 36.8 Å². The number of anilines is 1. The molecule has 3 aromatic rings. The van der Waals surface area contributed by atoms with Crippen molar-refractivity contribution in [2.24, 2.45) is 5.92 Å². The van der Waals surface area contributed by atoms with Gasteiger partial charge in [-0.25, -0.2) is 0 Å². The lowest BCUT2D eigenvalue weighted by atomic mass is 9.98. The number of carbonyl (C=O) groups is 2. The summed E-state index contributed by atoms with van der Waals surface area (Å²) in [5, 5.41) is 5.76. The molecule has 35 heavy (non-hydrogen) atoms. The number of furan rings is 1. The third-order valence-corrected chi connectivity index (χ3v) is 6.49. The van der Waals surface area contributed by atoms with Gasteiger partial charge in [0.1, 0.15) is 11.5 Å². The SMILES string of the molecule is Cc1cccc(C(=O)N/C(=C\c2ccco2)C(=O)N[C@@H](C)c2ccc(N3CCC(C)CC3)cc2)c1. The van der Waals surface area contributed by atoms with Gasteiger partial charge in [-0.3, -0.25) is 9.59 Å². The van der Waals surface area contributed by atoms with E-state index in [1.807, 2.05) is 26.0 Å². The second-order valence-electron chi connectivity index (χ2n) is 9.35. The lowest BCUT2D eigenvalue weighted by molar-refractivity contribution is -0.118. The van der Waals surface area contributed by atoms with Crippen molar-refractivity contribution in [1.29, 1.82) is 0 Å². The molecular formula is C29H33N3O3. The maximum absolute atomic E-state index is 13.2. The molecule has 1 aromatic heterocycles. The summed E-state index contributed by atoms with van der Waals surface area (Å²) in [6.45, 7) is 8.32. The van der Waals surface area contributed by atoms with Crippen LogP contribution in [0, 0.1) is 12.8 Å². The summed E-state index contributed by atoms with van der Waals surface area (Å²) in [7, 11) is 0. The Balaban J connectivity index is 1.45. The van der Waals surface area contributed by atoms with Gasteiger partial charge in [0.05, 0.1) is 12.3 Å². The first-order valence-corrected chi connectivity index (χ1v) is 12.2. The second-order valence-corrected chi connectivity index (χ2v) is 9.35. The molecule has 2 heterocycles. The fourth-order valence-electron chi connectivity index (χ4n) is 4.25. The molecule has 6 heteroatoms. The lowest BCUT2D eigenvalue weighted by Crippen LogP contribution is -2.36. The standard InChI is InChI=1S/C29H33N3O3/c1-20-13-15-32(16-14-20)25-11-9-23(10-12-25)22(3)30-29(34)27(19-26-8-5-17-35-26)31-28(33)24-7-4-6-21(2)18-24/h4-12,17-20,22H,13-16H2,1-3H3,(H,30,34)(H,31,33)/b27-19-/t22-/m0/s1. The number of benzene rings is 2. The first-order chi connectivity index (χ1) is 16.9. The molecule has 182 valence electrons. The number of rotatable bonds is 7. The fraction of sp³-hybridized carbons (Fsp3) is 0.310. The van der Waals surface area contributed by atoms with Crippen molar-refractivity contribution in [3.63, 3.8) is 0 Å². The van der Waals surface area contributed by atoms with Crippen LogP contribution >= 0.6 is 0 Å². The molecule has 0 saturated carbocycles. The minimum Gasteiger partial charge on any atom is -0.465 e. The van der Waals surface area contributed by atoms with Gasteiger partial charge in [-0.05, 0) is 74.6 Å². The number of amides is 2. The van der Waals surface area contributed by atoms with Crippen LogP contribution in [0.4, 0.5) is 5.69 Å². The summed E-state index contributed by atoms with van der Waals surface area (Å²) in [6, 6.07) is 18.8. The number of carbonyl (C=O) groups excluding carboxylic acids is 2. The van der Waals surface area contributed by atoms with Gasteiger partial charge in [0, 0.05) is 30.4 Å². The fourth-order valence-corrected chi connectivity index (χ4v) is 4.25. The van der Waals surface area contributed by atoms with Crippen molar-refractivity contribution < 1.29 is 14.0 Å². The molecule has 0 unspecified atom stereocenters. The zero-order valence-corrected chi connectivity index (χ0v) is 20.6. The van der Waals surface area contributed by atoms with Gasteiger partial charge in [-0.15, -0.1) is 0 Å². The molecule has 1 atom stereocenters. The van der Waals surface area contributed by atoms with Crippen LogP contribution in [0.15, 0.2) is 77.0 Å². The maximum atomic E-state index is 13.2. The minimum atomic E-state index is -0.385. The maximum Gasteiger partial charge on any atom is 0.268 e. The van der Waals surface area contributed by atoms with E-state index in [-0.39, 0.29) is 23.6 Å². The van der Waals surface area contributed by atoms with Crippen LogP contribution in [0.3, 0.4) is 0 Å². The van der Waals surface area contributed by atoms with E-state index < -0.39 is 0 Å². The van der Waals surface area contributed by atoms with E-state index in [1.165, 1.54) is 30.9 Å². The third kappa shape index (κ3) is 6.41. The molecule has 2 aromatic carbocycles. The highest BCUT2D eigenvalue weighted by Crippen LogP contribution is 2.24. The molecule has 1 fully saturated rings. The molecule has 1 saturated heterocycles. The van der Waals surface area contributed by atoms with E-state index in [2.05, 4.69) is 46.7 Å². The summed E-state index contributed by atoms with van der Waals surface area (Å²) in [5.41, 5.74) is 3.78. The van der Waals surface area contributed by atoms with E-state index in [0.717, 1.165) is 30.1 Å². The molecule has 1 aliphatic rings. The summed E-state index contributed by atoms with van der Waals surface area (Å²) in [4.78, 5) is 28.4. The van der Waals surface area contributed by atoms with E-state index in [9.17, 15) is 9.59 Å². The Morgan fingerprint density at radius 1 is 1.06 bits per heavy atom. The van der Waals surface area contributed by atoms with Crippen LogP contribution in [0.5, 0.6) is 0 Å². The molecule has 2 N–H and O–H groups in total. The van der Waals surface area contributed by atoms with Gasteiger partial charge in [-0.2, -0.15) is 0 Å². The van der Waals surface area contributed by atoms with Crippen LogP contribution in [-0.4, -0.2) is 24.9 Å². The Bertz CT molecular complexity index is 1170. The summed E-state index contributed by atoms with van der Waals surface area (Å²) < 4.78 is 5.38. The predicted octanol–water partition coefficient (Wildman–Crippen LogP) is 5.47. The highest BCUT2D eigenvalue weighted by Gasteiger charge is 2.19. The average Bonchev–Trinajstić information content (AvgIpc) is 3.37. The summed E-state index contributed by atoms with van der Waals surface area (Å²) >= 11 is 0. The Morgan fingerprint density at radius 2 is 1.80 bits per heavy atom. The first-order valence-electron chi connectivity index (χ1n) is 12.2. The van der Waals surface area contributed by atoms with E-state index in [0.29, 0.717) is 11.3 Å². The quantitative estimate of drug-likeness (QED) is 0.448. The van der Waals surface area contributed by atoms with Crippen molar-refractivity contribution in [2.45, 2.75) is 39.7 Å². The number of nitrogens with zero attached hydrogens (tertiary/aromatic N) is 1. The third-order valence-electron chi connectivity index (χ3n) is 6.49. The van der Waals surface area contributed by atoms with Gasteiger partial charge in [0.15, 0.2) is 0 Å². The molecule has 4 rings (SSSR count). The molecule has 0 radical (unpaired) electrons. The van der Waals surface area contributed by atoms with Crippen molar-refractivity contribution >= 4 is 23.6 Å². The van der Waals surface area contributed by atoms with Crippen LogP contribution in [-0.2, 0) is 4.79 Å². The van der Waals surface area contributed by atoms with Gasteiger partial charge in [0.25, 0.3) is 11.8 Å².